The van der Waals surface area contributed by atoms with Crippen molar-refractivity contribution in [1.29, 1.82) is 0 Å². The minimum atomic E-state index is -0.426. The second kappa shape index (κ2) is 6.59. The van der Waals surface area contributed by atoms with Crippen LogP contribution in [0.4, 0.5) is 8.78 Å². The van der Waals surface area contributed by atoms with E-state index >= 15 is 0 Å². The molecule has 0 spiro atoms. The maximum absolute atomic E-state index is 13.4. The van der Waals surface area contributed by atoms with Crippen LogP contribution in [0.1, 0.15) is 11.1 Å². The van der Waals surface area contributed by atoms with Gasteiger partial charge in [-0.1, -0.05) is 6.07 Å². The molecule has 0 saturated heterocycles. The van der Waals surface area contributed by atoms with Crippen molar-refractivity contribution in [3.05, 3.63) is 68.1 Å². The van der Waals surface area contributed by atoms with Crippen molar-refractivity contribution in [2.45, 2.75) is 13.1 Å². The van der Waals surface area contributed by atoms with Crippen molar-refractivity contribution in [2.24, 2.45) is 0 Å². The number of hydrogen-bond acceptors (Lipinski definition) is 1. The molecular formula is C14H11Br2F2N. The van der Waals surface area contributed by atoms with Gasteiger partial charge in [0.15, 0.2) is 0 Å². The van der Waals surface area contributed by atoms with E-state index in [2.05, 4.69) is 37.2 Å². The highest BCUT2D eigenvalue weighted by atomic mass is 79.9. The molecule has 0 unspecified atom stereocenters. The molecular weight excluding hydrogens is 380 g/mol. The number of benzene rings is 2. The second-order valence-corrected chi connectivity index (χ2v) is 5.80. The first kappa shape index (κ1) is 14.6. The molecule has 0 bridgehead atoms. The lowest BCUT2D eigenvalue weighted by Gasteiger charge is -2.07. The first-order valence-electron chi connectivity index (χ1n) is 5.65. The van der Waals surface area contributed by atoms with E-state index in [-0.39, 0.29) is 6.54 Å². The summed E-state index contributed by atoms with van der Waals surface area (Å²) in [6.07, 6.45) is 0. The van der Waals surface area contributed by atoms with Crippen LogP contribution in [0.2, 0.25) is 0 Å². The van der Waals surface area contributed by atoms with E-state index in [9.17, 15) is 8.78 Å². The third-order valence-electron chi connectivity index (χ3n) is 2.64. The molecule has 1 nitrogen and oxygen atoms in total. The highest BCUT2D eigenvalue weighted by Gasteiger charge is 2.04. The van der Waals surface area contributed by atoms with E-state index in [1.165, 1.54) is 6.07 Å². The van der Waals surface area contributed by atoms with Crippen molar-refractivity contribution >= 4 is 31.9 Å². The molecule has 0 aromatic heterocycles. The van der Waals surface area contributed by atoms with Gasteiger partial charge in [-0.25, -0.2) is 8.78 Å². The first-order valence-corrected chi connectivity index (χ1v) is 7.23. The summed E-state index contributed by atoms with van der Waals surface area (Å²) in [6.45, 7) is 0.874. The molecule has 5 heteroatoms. The molecule has 0 atom stereocenters. The van der Waals surface area contributed by atoms with Crippen molar-refractivity contribution < 1.29 is 8.78 Å². The standard InChI is InChI=1S/C14H11Br2F2N/c15-12-3-1-9(5-13(12)16)7-19-8-10-6-11(17)2-4-14(10)18/h1-6,19H,7-8H2. The molecule has 19 heavy (non-hydrogen) atoms. The quantitative estimate of drug-likeness (QED) is 0.792. The summed E-state index contributed by atoms with van der Waals surface area (Å²) in [5.41, 5.74) is 1.39. The van der Waals surface area contributed by atoms with Gasteiger partial charge in [-0.05, 0) is 67.8 Å². The molecule has 0 fully saturated rings. The zero-order valence-electron chi connectivity index (χ0n) is 9.89. The third kappa shape index (κ3) is 4.09. The second-order valence-electron chi connectivity index (χ2n) is 4.09. The van der Waals surface area contributed by atoms with Gasteiger partial charge in [0.1, 0.15) is 11.6 Å². The van der Waals surface area contributed by atoms with Crippen LogP contribution in [0.3, 0.4) is 0 Å². The van der Waals surface area contributed by atoms with Gasteiger partial charge < -0.3 is 5.32 Å². The molecule has 0 amide bonds. The van der Waals surface area contributed by atoms with Crippen LogP contribution in [0.15, 0.2) is 45.3 Å². The topological polar surface area (TPSA) is 12.0 Å². The molecule has 0 aliphatic heterocycles. The predicted molar refractivity (Wildman–Crippen MR) is 78.7 cm³/mol. The number of hydrogen-bond donors (Lipinski definition) is 1. The third-order valence-corrected chi connectivity index (χ3v) is 4.52. The van der Waals surface area contributed by atoms with Crippen LogP contribution in [0, 0.1) is 11.6 Å². The Bertz CT molecular complexity index is 588. The fourth-order valence-electron chi connectivity index (χ4n) is 1.67. The van der Waals surface area contributed by atoms with Gasteiger partial charge in [0, 0.05) is 27.6 Å². The van der Waals surface area contributed by atoms with Crippen LogP contribution in [-0.2, 0) is 13.1 Å². The summed E-state index contributed by atoms with van der Waals surface area (Å²) in [5.74, 6) is -0.824. The Morgan fingerprint density at radius 2 is 1.68 bits per heavy atom. The van der Waals surface area contributed by atoms with Crippen molar-refractivity contribution in [1.82, 2.24) is 5.32 Å². The van der Waals surface area contributed by atoms with Gasteiger partial charge in [0.2, 0.25) is 0 Å². The SMILES string of the molecule is Fc1ccc(F)c(CNCc2ccc(Br)c(Br)c2)c1. The zero-order valence-corrected chi connectivity index (χ0v) is 13.1. The molecule has 2 rings (SSSR count). The number of rotatable bonds is 4. The Morgan fingerprint density at radius 3 is 2.42 bits per heavy atom. The Kier molecular flexibility index (Phi) is 5.07. The van der Waals surface area contributed by atoms with Gasteiger partial charge in [-0.3, -0.25) is 0 Å². The van der Waals surface area contributed by atoms with E-state index in [0.29, 0.717) is 12.1 Å². The van der Waals surface area contributed by atoms with Gasteiger partial charge in [0.25, 0.3) is 0 Å². The van der Waals surface area contributed by atoms with E-state index in [0.717, 1.165) is 26.6 Å². The minimum Gasteiger partial charge on any atom is -0.309 e. The zero-order chi connectivity index (χ0) is 13.8. The lowest BCUT2D eigenvalue weighted by Crippen LogP contribution is -2.14. The fourth-order valence-corrected chi connectivity index (χ4v) is 2.34. The molecule has 1 N–H and O–H groups in total. The van der Waals surface area contributed by atoms with Crippen molar-refractivity contribution in [3.63, 3.8) is 0 Å². The Hall–Kier alpha value is -0.780. The minimum absolute atomic E-state index is 0.289. The van der Waals surface area contributed by atoms with Crippen LogP contribution in [0.5, 0.6) is 0 Å². The Morgan fingerprint density at radius 1 is 0.895 bits per heavy atom. The summed E-state index contributed by atoms with van der Waals surface area (Å²) in [4.78, 5) is 0. The highest BCUT2D eigenvalue weighted by Crippen LogP contribution is 2.23. The predicted octanol–water partition coefficient (Wildman–Crippen LogP) is 4.78. The van der Waals surface area contributed by atoms with Crippen molar-refractivity contribution in [3.8, 4) is 0 Å². The van der Waals surface area contributed by atoms with Crippen LogP contribution >= 0.6 is 31.9 Å². The number of halogens is 4. The van der Waals surface area contributed by atoms with Crippen LogP contribution in [-0.4, -0.2) is 0 Å². The maximum Gasteiger partial charge on any atom is 0.127 e. The monoisotopic (exact) mass is 389 g/mol. The van der Waals surface area contributed by atoms with Crippen LogP contribution < -0.4 is 5.32 Å². The summed E-state index contributed by atoms with van der Waals surface area (Å²) < 4.78 is 28.3. The maximum atomic E-state index is 13.4. The van der Waals surface area contributed by atoms with E-state index in [4.69, 9.17) is 0 Å². The summed E-state index contributed by atoms with van der Waals surface area (Å²) in [6, 6.07) is 9.33. The molecule has 100 valence electrons. The largest absolute Gasteiger partial charge is 0.309 e. The highest BCUT2D eigenvalue weighted by molar-refractivity contribution is 9.13. The van der Waals surface area contributed by atoms with E-state index in [1.54, 1.807) is 0 Å². The first-order chi connectivity index (χ1) is 9.06. The molecule has 2 aromatic carbocycles. The van der Waals surface area contributed by atoms with E-state index in [1.807, 2.05) is 18.2 Å². The molecule has 0 saturated carbocycles. The fraction of sp³-hybridized carbons (Fsp3) is 0.143. The summed E-state index contributed by atoms with van der Waals surface area (Å²) in [5, 5.41) is 3.09. The smallest absolute Gasteiger partial charge is 0.127 e. The molecule has 0 heterocycles. The average molecular weight is 391 g/mol. The van der Waals surface area contributed by atoms with Gasteiger partial charge >= 0.3 is 0 Å². The Balaban J connectivity index is 1.96. The summed E-state index contributed by atoms with van der Waals surface area (Å²) >= 11 is 6.81. The normalized spacial score (nSPS) is 10.7. The van der Waals surface area contributed by atoms with Gasteiger partial charge in [0.05, 0.1) is 0 Å². The Labute approximate surface area is 127 Å². The summed E-state index contributed by atoms with van der Waals surface area (Å²) in [7, 11) is 0. The molecule has 2 aromatic rings. The van der Waals surface area contributed by atoms with Gasteiger partial charge in [-0.2, -0.15) is 0 Å². The number of nitrogens with one attached hydrogen (secondary N) is 1. The van der Waals surface area contributed by atoms with Gasteiger partial charge in [-0.15, -0.1) is 0 Å². The van der Waals surface area contributed by atoms with Crippen molar-refractivity contribution in [2.75, 3.05) is 0 Å². The lowest BCUT2D eigenvalue weighted by molar-refractivity contribution is 0.568. The average Bonchev–Trinajstić information content (AvgIpc) is 2.38. The molecule has 0 aliphatic rings. The molecule has 0 aliphatic carbocycles. The molecule has 0 radical (unpaired) electrons. The van der Waals surface area contributed by atoms with Crippen LogP contribution in [0.25, 0.3) is 0 Å². The lowest BCUT2D eigenvalue weighted by atomic mass is 10.2. The van der Waals surface area contributed by atoms with E-state index < -0.39 is 11.6 Å².